The molecular formula is C45H72O17. The maximum Gasteiger partial charge on any atom is 0.189 e. The molecule has 26 atom stereocenters. The molecule has 0 spiro atoms. The summed E-state index contributed by atoms with van der Waals surface area (Å²) in [5.41, 5.74) is 0.899. The average Bonchev–Trinajstić information content (AvgIpc) is 3.60. The Morgan fingerprint density at radius 1 is 0.629 bits per heavy atom. The molecule has 7 fully saturated rings. The number of carbonyl (C=O) groups excluding carboxylic acids is 1. The van der Waals surface area contributed by atoms with Crippen molar-refractivity contribution in [3.05, 3.63) is 11.6 Å². The summed E-state index contributed by atoms with van der Waals surface area (Å²) in [6.07, 6.45) is -12.1. The van der Waals surface area contributed by atoms with E-state index in [0.717, 1.165) is 38.5 Å². The Kier molecular flexibility index (Phi) is 13.8. The summed E-state index contributed by atoms with van der Waals surface area (Å²) in [5, 5.41) is 94.4. The molecule has 0 aromatic heterocycles. The van der Waals surface area contributed by atoms with Gasteiger partial charge in [0.1, 0.15) is 61.0 Å². The second-order valence-corrected chi connectivity index (χ2v) is 20.7. The molecule has 8 rings (SSSR count). The summed E-state index contributed by atoms with van der Waals surface area (Å²) in [6, 6.07) is 0. The molecule has 4 heterocycles. The van der Waals surface area contributed by atoms with E-state index < -0.39 is 111 Å². The van der Waals surface area contributed by atoms with Crippen molar-refractivity contribution in [2.24, 2.45) is 46.3 Å². The molecule has 9 N–H and O–H groups in total. The highest BCUT2D eigenvalue weighted by atomic mass is 16.8. The van der Waals surface area contributed by atoms with Crippen molar-refractivity contribution >= 4 is 5.78 Å². The minimum atomic E-state index is -1.68. The summed E-state index contributed by atoms with van der Waals surface area (Å²) < 4.78 is 42.6. The van der Waals surface area contributed by atoms with Crippen molar-refractivity contribution in [1.82, 2.24) is 0 Å². The van der Waals surface area contributed by atoms with E-state index in [1.54, 1.807) is 6.92 Å². The van der Waals surface area contributed by atoms with Crippen molar-refractivity contribution in [2.45, 2.75) is 210 Å². The molecule has 8 unspecified atom stereocenters. The lowest BCUT2D eigenvalue weighted by molar-refractivity contribution is -0.370. The fourth-order valence-electron chi connectivity index (χ4n) is 13.1. The number of allylic oxidation sites excluding steroid dienone is 2. The number of carbonyl (C=O) groups is 1. The van der Waals surface area contributed by atoms with Gasteiger partial charge in [-0.1, -0.05) is 33.3 Å². The summed E-state index contributed by atoms with van der Waals surface area (Å²) in [5.74, 6) is 0.751. The Balaban J connectivity index is 0.936. The zero-order chi connectivity index (χ0) is 44.7. The summed E-state index contributed by atoms with van der Waals surface area (Å²) in [4.78, 5) is 14.4. The van der Waals surface area contributed by atoms with Gasteiger partial charge in [0.05, 0.1) is 31.0 Å². The molecular weight excluding hydrogens is 812 g/mol. The minimum absolute atomic E-state index is 0.0327. The van der Waals surface area contributed by atoms with E-state index in [0.29, 0.717) is 25.2 Å². The Labute approximate surface area is 363 Å². The van der Waals surface area contributed by atoms with Gasteiger partial charge in [0.25, 0.3) is 0 Å². The molecule has 354 valence electrons. The minimum Gasteiger partial charge on any atom is -0.394 e. The van der Waals surface area contributed by atoms with Crippen LogP contribution in [0.25, 0.3) is 0 Å². The van der Waals surface area contributed by atoms with Gasteiger partial charge in [0, 0.05) is 11.8 Å². The maximum atomic E-state index is 14.4. The first-order chi connectivity index (χ1) is 29.3. The Morgan fingerprint density at radius 2 is 1.24 bits per heavy atom. The van der Waals surface area contributed by atoms with Gasteiger partial charge in [-0.25, -0.2) is 0 Å². The first-order valence-electron chi connectivity index (χ1n) is 23.2. The number of hydrogen-bond donors (Lipinski definition) is 9. The van der Waals surface area contributed by atoms with Gasteiger partial charge in [0.15, 0.2) is 30.9 Å². The van der Waals surface area contributed by atoms with Crippen LogP contribution in [0, 0.1) is 46.3 Å². The zero-order valence-electron chi connectivity index (χ0n) is 36.8. The molecule has 4 saturated heterocycles. The molecule has 4 aliphatic heterocycles. The quantitative estimate of drug-likeness (QED) is 0.152. The second-order valence-electron chi connectivity index (χ2n) is 20.7. The van der Waals surface area contributed by atoms with Crippen molar-refractivity contribution in [3.8, 4) is 0 Å². The maximum absolute atomic E-state index is 14.4. The Morgan fingerprint density at radius 3 is 1.89 bits per heavy atom. The van der Waals surface area contributed by atoms with Crippen LogP contribution in [-0.2, 0) is 38.0 Å². The van der Waals surface area contributed by atoms with Crippen LogP contribution in [0.3, 0.4) is 0 Å². The predicted octanol–water partition coefficient (Wildman–Crippen LogP) is 0.403. The predicted molar refractivity (Wildman–Crippen MR) is 215 cm³/mol. The van der Waals surface area contributed by atoms with Crippen LogP contribution in [0.15, 0.2) is 11.6 Å². The van der Waals surface area contributed by atoms with Gasteiger partial charge in [-0.05, 0) is 112 Å². The third kappa shape index (κ3) is 8.19. The number of aliphatic hydroxyl groups is 9. The van der Waals surface area contributed by atoms with Crippen molar-refractivity contribution in [2.75, 3.05) is 6.61 Å². The number of aliphatic hydroxyl groups excluding tert-OH is 9. The van der Waals surface area contributed by atoms with E-state index >= 15 is 0 Å². The van der Waals surface area contributed by atoms with E-state index in [-0.39, 0.29) is 52.3 Å². The molecule has 0 radical (unpaired) electrons. The lowest BCUT2D eigenvalue weighted by atomic mass is 9.47. The molecule has 0 bridgehead atoms. The van der Waals surface area contributed by atoms with Gasteiger partial charge >= 0.3 is 0 Å². The Bertz CT molecular complexity index is 1620. The monoisotopic (exact) mass is 884 g/mol. The van der Waals surface area contributed by atoms with Gasteiger partial charge < -0.3 is 79.1 Å². The highest BCUT2D eigenvalue weighted by molar-refractivity contribution is 5.94. The first kappa shape index (κ1) is 47.3. The van der Waals surface area contributed by atoms with Crippen molar-refractivity contribution in [1.29, 1.82) is 0 Å². The van der Waals surface area contributed by atoms with Crippen LogP contribution in [0.5, 0.6) is 0 Å². The normalized spacial score (nSPS) is 55.1. The fourth-order valence-corrected chi connectivity index (χ4v) is 13.1. The van der Waals surface area contributed by atoms with Gasteiger partial charge in [-0.3, -0.25) is 4.79 Å². The van der Waals surface area contributed by atoms with E-state index in [9.17, 15) is 50.8 Å². The summed E-state index contributed by atoms with van der Waals surface area (Å²) >= 11 is 0. The highest BCUT2D eigenvalue weighted by Gasteiger charge is 2.61. The van der Waals surface area contributed by atoms with E-state index in [1.165, 1.54) is 12.5 Å². The van der Waals surface area contributed by atoms with Gasteiger partial charge in [-0.2, -0.15) is 0 Å². The standard InChI is InChI=1S/C45H72O17/c1-18-7-10-29(59-40(18)62-42-38(55)35(52)32(49)21(4)57-42)19(2)24-8-9-25-23-16-28(47)27-15-22(11-13-45(27,6)26(23)12-14-44(24,25)5)58-43-39(36(53)33(50)30(17-46)60-43)61-41-37(54)34(51)31(48)20(3)56-41/h16,18-22,24-27,29-43,46,48-55H,7-15,17H2,1-6H3/t18-,19-,20-,21-,22+,24?,25?,26?,27?,29?,30+,31-,32-,33+,34+,35+,36-,37+,38+,39+,40+,41?,42?,43?,44+,45+/m0/s1. The number of hydrogen-bond acceptors (Lipinski definition) is 17. The van der Waals surface area contributed by atoms with Gasteiger partial charge in [-0.15, -0.1) is 0 Å². The topological polar surface area (TPSA) is 264 Å². The van der Waals surface area contributed by atoms with Crippen molar-refractivity contribution in [3.63, 3.8) is 0 Å². The van der Waals surface area contributed by atoms with E-state index in [2.05, 4.69) is 20.8 Å². The zero-order valence-corrected chi connectivity index (χ0v) is 36.8. The average molecular weight is 885 g/mol. The van der Waals surface area contributed by atoms with Crippen LogP contribution in [0.4, 0.5) is 0 Å². The number of rotatable bonds is 9. The first-order valence-corrected chi connectivity index (χ1v) is 23.2. The van der Waals surface area contributed by atoms with E-state index in [1.807, 2.05) is 13.0 Å². The SMILES string of the molecule is C[C@H](C1CC[C@H](C)[C@@H](OC2O[C@@H](C)[C@H](O)[C@@H](O)[C@H]2O)O1)C1CCC2C3=CC(=O)C4C[C@H](OC5O[C@H](CO)[C@@H](O)[C@H](O)[C@H]5OC5O[C@@H](C)[C@H](O)[C@@H](O)[C@H]5O)CC[C@]4(C)C3CC[C@@]21C. The van der Waals surface area contributed by atoms with Crippen LogP contribution in [0.2, 0.25) is 0 Å². The molecule has 62 heavy (non-hydrogen) atoms. The number of fused-ring (bicyclic) bond motifs is 5. The summed E-state index contributed by atoms with van der Waals surface area (Å²) in [6.45, 7) is 11.4. The fraction of sp³-hybridized carbons (Fsp3) is 0.933. The molecule has 4 aliphatic carbocycles. The lowest BCUT2D eigenvalue weighted by Crippen LogP contribution is -2.64. The highest BCUT2D eigenvalue weighted by Crippen LogP contribution is 2.67. The van der Waals surface area contributed by atoms with Crippen LogP contribution >= 0.6 is 0 Å². The smallest absolute Gasteiger partial charge is 0.189 e. The van der Waals surface area contributed by atoms with Crippen LogP contribution < -0.4 is 0 Å². The largest absolute Gasteiger partial charge is 0.394 e. The Hall–Kier alpha value is -1.23. The van der Waals surface area contributed by atoms with Crippen LogP contribution in [0.1, 0.15) is 99.3 Å². The molecule has 0 aromatic carbocycles. The number of ketones is 1. The third-order valence-corrected chi connectivity index (χ3v) is 17.2. The molecule has 17 heteroatoms. The molecule has 17 nitrogen and oxygen atoms in total. The van der Waals surface area contributed by atoms with Gasteiger partial charge in [0.2, 0.25) is 0 Å². The number of ether oxygens (including phenoxy) is 7. The molecule has 0 aromatic rings. The second kappa shape index (κ2) is 18.1. The molecule has 8 aliphatic rings. The molecule has 3 saturated carbocycles. The lowest BCUT2D eigenvalue weighted by Gasteiger charge is -2.57. The third-order valence-electron chi connectivity index (χ3n) is 17.2. The summed E-state index contributed by atoms with van der Waals surface area (Å²) in [7, 11) is 0. The van der Waals surface area contributed by atoms with Crippen molar-refractivity contribution < 1.29 is 83.9 Å². The van der Waals surface area contributed by atoms with E-state index in [4.69, 9.17) is 33.2 Å². The molecule has 0 amide bonds. The van der Waals surface area contributed by atoms with Crippen LogP contribution in [-0.4, -0.2) is 169 Å².